The molecule has 0 atom stereocenters. The lowest BCUT2D eigenvalue weighted by Crippen LogP contribution is -2.24. The molecule has 9 heteroatoms. The summed E-state index contributed by atoms with van der Waals surface area (Å²) in [6.07, 6.45) is 1.50. The molecule has 30 heavy (non-hydrogen) atoms. The van der Waals surface area contributed by atoms with Crippen LogP contribution in [-0.4, -0.2) is 21.2 Å². The number of furan rings is 1. The van der Waals surface area contributed by atoms with Gasteiger partial charge in [0.1, 0.15) is 17.4 Å². The van der Waals surface area contributed by atoms with Crippen LogP contribution in [0.25, 0.3) is 10.9 Å². The van der Waals surface area contributed by atoms with Crippen molar-refractivity contribution in [3.8, 4) is 0 Å². The summed E-state index contributed by atoms with van der Waals surface area (Å²) in [6.45, 7) is 0.145. The second-order valence-electron chi connectivity index (χ2n) is 6.34. The minimum Gasteiger partial charge on any atom is -0.467 e. The fraction of sp³-hybridized carbons (Fsp3) is 0.0952. The highest BCUT2D eigenvalue weighted by Crippen LogP contribution is 2.21. The highest BCUT2D eigenvalue weighted by molar-refractivity contribution is 7.99. The van der Waals surface area contributed by atoms with E-state index in [4.69, 9.17) is 4.42 Å². The zero-order valence-corrected chi connectivity index (χ0v) is 16.3. The number of hydrogen-bond donors (Lipinski definition) is 1. The molecule has 152 valence electrons. The highest BCUT2D eigenvalue weighted by atomic mass is 32.2. The lowest BCUT2D eigenvalue weighted by atomic mass is 10.2. The third-order valence-electron chi connectivity index (χ3n) is 4.26. The van der Waals surface area contributed by atoms with Gasteiger partial charge in [0.25, 0.3) is 5.56 Å². The Hall–Kier alpha value is -3.46. The van der Waals surface area contributed by atoms with Gasteiger partial charge in [-0.05, 0) is 36.4 Å². The minimum absolute atomic E-state index is 0.145. The first-order chi connectivity index (χ1) is 14.5. The molecule has 1 amide bonds. The van der Waals surface area contributed by atoms with Gasteiger partial charge in [0, 0.05) is 6.07 Å². The monoisotopic (exact) mass is 427 g/mol. The Labute approximate surface area is 173 Å². The van der Waals surface area contributed by atoms with Crippen molar-refractivity contribution in [3.05, 3.63) is 88.6 Å². The van der Waals surface area contributed by atoms with Crippen molar-refractivity contribution in [1.29, 1.82) is 0 Å². The van der Waals surface area contributed by atoms with Crippen molar-refractivity contribution in [2.45, 2.75) is 11.7 Å². The predicted molar refractivity (Wildman–Crippen MR) is 110 cm³/mol. The number of nitrogens with one attached hydrogen (secondary N) is 1. The Bertz CT molecular complexity index is 1270. The van der Waals surface area contributed by atoms with E-state index in [0.29, 0.717) is 21.8 Å². The molecule has 0 aliphatic carbocycles. The second-order valence-corrected chi connectivity index (χ2v) is 7.29. The number of halogens is 2. The van der Waals surface area contributed by atoms with Gasteiger partial charge in [-0.15, -0.1) is 0 Å². The molecule has 0 spiro atoms. The van der Waals surface area contributed by atoms with Crippen LogP contribution < -0.4 is 10.9 Å². The standard InChI is InChI=1S/C21H15F2N3O3S/c22-13-7-8-16(23)18(10-13)24-19(27)12-30-21-25-17-6-2-1-5-15(17)20(28)26(21)11-14-4-3-9-29-14/h1-10H,11-12H2,(H,24,27). The van der Waals surface area contributed by atoms with Crippen molar-refractivity contribution in [2.24, 2.45) is 0 Å². The molecule has 0 aliphatic rings. The molecule has 0 unspecified atom stereocenters. The van der Waals surface area contributed by atoms with E-state index in [-0.39, 0.29) is 23.5 Å². The number of hydrogen-bond acceptors (Lipinski definition) is 5. The smallest absolute Gasteiger partial charge is 0.262 e. The molecule has 2 aromatic carbocycles. The maximum absolute atomic E-state index is 13.7. The first-order valence-electron chi connectivity index (χ1n) is 8.91. The average Bonchev–Trinajstić information content (AvgIpc) is 3.25. The number of fused-ring (bicyclic) bond motifs is 1. The molecular formula is C21H15F2N3O3S. The summed E-state index contributed by atoms with van der Waals surface area (Å²) in [5.74, 6) is -1.56. The number of carbonyl (C=O) groups is 1. The van der Waals surface area contributed by atoms with E-state index in [1.54, 1.807) is 36.4 Å². The zero-order chi connectivity index (χ0) is 21.1. The summed E-state index contributed by atoms with van der Waals surface area (Å²) < 4.78 is 33.8. The first-order valence-corrected chi connectivity index (χ1v) is 9.89. The minimum atomic E-state index is -0.742. The normalized spacial score (nSPS) is 11.0. The maximum Gasteiger partial charge on any atom is 0.262 e. The Morgan fingerprint density at radius 1 is 1.13 bits per heavy atom. The van der Waals surface area contributed by atoms with E-state index in [1.807, 2.05) is 0 Å². The fourth-order valence-electron chi connectivity index (χ4n) is 2.87. The number of nitrogens with zero attached hydrogens (tertiary/aromatic N) is 2. The number of aromatic nitrogens is 2. The van der Waals surface area contributed by atoms with E-state index in [2.05, 4.69) is 10.3 Å². The van der Waals surface area contributed by atoms with Crippen molar-refractivity contribution in [2.75, 3.05) is 11.1 Å². The number of carbonyl (C=O) groups excluding carboxylic acids is 1. The van der Waals surface area contributed by atoms with Crippen LogP contribution in [-0.2, 0) is 11.3 Å². The summed E-state index contributed by atoms with van der Waals surface area (Å²) >= 11 is 1.02. The van der Waals surface area contributed by atoms with Gasteiger partial charge in [0.15, 0.2) is 5.16 Å². The van der Waals surface area contributed by atoms with Crippen molar-refractivity contribution >= 4 is 34.3 Å². The summed E-state index contributed by atoms with van der Waals surface area (Å²) in [5.41, 5.74) is -0.0200. The highest BCUT2D eigenvalue weighted by Gasteiger charge is 2.15. The topological polar surface area (TPSA) is 77.1 Å². The largest absolute Gasteiger partial charge is 0.467 e. The summed E-state index contributed by atoms with van der Waals surface area (Å²) in [4.78, 5) is 29.7. The number of amides is 1. The Balaban J connectivity index is 1.60. The number of rotatable bonds is 6. The van der Waals surface area contributed by atoms with Crippen molar-refractivity contribution in [1.82, 2.24) is 9.55 Å². The summed E-state index contributed by atoms with van der Waals surface area (Å²) in [6, 6.07) is 13.1. The molecule has 0 radical (unpaired) electrons. The van der Waals surface area contributed by atoms with Gasteiger partial charge >= 0.3 is 0 Å². The van der Waals surface area contributed by atoms with Gasteiger partial charge in [-0.3, -0.25) is 14.2 Å². The Morgan fingerprint density at radius 2 is 1.97 bits per heavy atom. The van der Waals surface area contributed by atoms with Gasteiger partial charge < -0.3 is 9.73 Å². The SMILES string of the molecule is O=C(CSc1nc2ccccc2c(=O)n1Cc1ccco1)Nc1cc(F)ccc1F. The van der Waals surface area contributed by atoms with Gasteiger partial charge in [0.05, 0.1) is 35.2 Å². The number of para-hydroxylation sites is 1. The van der Waals surface area contributed by atoms with E-state index in [1.165, 1.54) is 10.8 Å². The van der Waals surface area contributed by atoms with E-state index < -0.39 is 17.5 Å². The molecule has 0 aliphatic heterocycles. The second kappa shape index (κ2) is 8.50. The molecule has 6 nitrogen and oxygen atoms in total. The molecule has 1 N–H and O–H groups in total. The molecule has 0 saturated heterocycles. The Kier molecular flexibility index (Phi) is 5.62. The molecular weight excluding hydrogens is 412 g/mol. The first kappa shape index (κ1) is 19.8. The molecule has 2 aromatic heterocycles. The van der Waals surface area contributed by atoms with Crippen LogP contribution in [0, 0.1) is 11.6 Å². The van der Waals surface area contributed by atoms with Gasteiger partial charge in [-0.25, -0.2) is 13.8 Å². The summed E-state index contributed by atoms with van der Waals surface area (Å²) in [5, 5.41) is 3.08. The lowest BCUT2D eigenvalue weighted by Gasteiger charge is -2.12. The number of benzene rings is 2. The molecule has 4 aromatic rings. The van der Waals surface area contributed by atoms with Gasteiger partial charge in [0.2, 0.25) is 5.91 Å². The van der Waals surface area contributed by atoms with Crippen LogP contribution in [0.5, 0.6) is 0 Å². The average molecular weight is 427 g/mol. The lowest BCUT2D eigenvalue weighted by molar-refractivity contribution is -0.113. The Morgan fingerprint density at radius 3 is 2.77 bits per heavy atom. The third-order valence-corrected chi connectivity index (χ3v) is 5.23. The molecule has 2 heterocycles. The van der Waals surface area contributed by atoms with Crippen LogP contribution in [0.4, 0.5) is 14.5 Å². The van der Waals surface area contributed by atoms with Crippen LogP contribution in [0.15, 0.2) is 75.2 Å². The van der Waals surface area contributed by atoms with Crippen LogP contribution in [0.3, 0.4) is 0 Å². The molecule has 0 fully saturated rings. The van der Waals surface area contributed by atoms with E-state index in [0.717, 1.165) is 30.0 Å². The quantitative estimate of drug-likeness (QED) is 0.371. The van der Waals surface area contributed by atoms with Crippen LogP contribution in [0.2, 0.25) is 0 Å². The van der Waals surface area contributed by atoms with Crippen molar-refractivity contribution < 1.29 is 18.0 Å². The van der Waals surface area contributed by atoms with E-state index >= 15 is 0 Å². The van der Waals surface area contributed by atoms with E-state index in [9.17, 15) is 18.4 Å². The van der Waals surface area contributed by atoms with Crippen molar-refractivity contribution in [3.63, 3.8) is 0 Å². The van der Waals surface area contributed by atoms with Gasteiger partial charge in [-0.1, -0.05) is 23.9 Å². The number of thioether (sulfide) groups is 1. The fourth-order valence-corrected chi connectivity index (χ4v) is 3.66. The third kappa shape index (κ3) is 4.25. The van der Waals surface area contributed by atoms with Crippen LogP contribution in [0.1, 0.15) is 5.76 Å². The predicted octanol–water partition coefficient (Wildman–Crippen LogP) is 4.05. The zero-order valence-electron chi connectivity index (χ0n) is 15.5. The van der Waals surface area contributed by atoms with Gasteiger partial charge in [-0.2, -0.15) is 0 Å². The molecule has 0 bridgehead atoms. The maximum atomic E-state index is 13.7. The molecule has 0 saturated carbocycles. The summed E-state index contributed by atoms with van der Waals surface area (Å²) in [7, 11) is 0. The number of anilines is 1. The van der Waals surface area contributed by atoms with Crippen LogP contribution >= 0.6 is 11.8 Å². The molecule has 4 rings (SSSR count).